The van der Waals surface area contributed by atoms with Gasteiger partial charge in [-0.15, -0.1) is 11.8 Å². The van der Waals surface area contributed by atoms with Crippen molar-refractivity contribution in [3.05, 3.63) is 65.7 Å². The van der Waals surface area contributed by atoms with Crippen LogP contribution in [0.25, 0.3) is 0 Å². The van der Waals surface area contributed by atoms with Crippen molar-refractivity contribution < 1.29 is 4.79 Å². The lowest BCUT2D eigenvalue weighted by molar-refractivity contribution is 0.0777. The summed E-state index contributed by atoms with van der Waals surface area (Å²) in [6, 6.07) is 18.4. The molecule has 0 spiro atoms. The lowest BCUT2D eigenvalue weighted by atomic mass is 9.90. The van der Waals surface area contributed by atoms with Crippen LogP contribution in [0.5, 0.6) is 0 Å². The summed E-state index contributed by atoms with van der Waals surface area (Å²) in [5.41, 5.74) is 7.90. The molecule has 1 saturated heterocycles. The van der Waals surface area contributed by atoms with Crippen molar-refractivity contribution in [2.45, 2.75) is 24.0 Å². The Kier molecular flexibility index (Phi) is 5.27. The predicted molar refractivity (Wildman–Crippen MR) is 100 cm³/mol. The Morgan fingerprint density at radius 1 is 1.17 bits per heavy atom. The van der Waals surface area contributed by atoms with E-state index in [1.54, 1.807) is 11.8 Å². The zero-order chi connectivity index (χ0) is 17.0. The highest BCUT2D eigenvalue weighted by molar-refractivity contribution is 7.98. The van der Waals surface area contributed by atoms with Crippen LogP contribution < -0.4 is 5.73 Å². The van der Waals surface area contributed by atoms with Crippen LogP contribution in [0, 0.1) is 5.41 Å². The Hall–Kier alpha value is -1.78. The molecule has 0 aliphatic carbocycles. The summed E-state index contributed by atoms with van der Waals surface area (Å²) in [7, 11) is 0. The number of hydrogen-bond donors (Lipinski definition) is 1. The third-order valence-electron chi connectivity index (χ3n) is 4.69. The van der Waals surface area contributed by atoms with Gasteiger partial charge in [0, 0.05) is 29.3 Å². The van der Waals surface area contributed by atoms with E-state index in [0.717, 1.165) is 30.8 Å². The van der Waals surface area contributed by atoms with E-state index in [0.29, 0.717) is 6.54 Å². The van der Waals surface area contributed by atoms with Crippen LogP contribution in [0.2, 0.25) is 0 Å². The van der Waals surface area contributed by atoms with Crippen LogP contribution in [0.15, 0.2) is 59.5 Å². The van der Waals surface area contributed by atoms with Crippen LogP contribution in [-0.4, -0.2) is 30.4 Å². The first-order chi connectivity index (χ1) is 11.6. The average Bonchev–Trinajstić information content (AvgIpc) is 3.04. The number of nitrogens with zero attached hydrogens (tertiary/aromatic N) is 1. The van der Waals surface area contributed by atoms with Gasteiger partial charge in [0.05, 0.1) is 0 Å². The summed E-state index contributed by atoms with van der Waals surface area (Å²) in [4.78, 5) is 15.8. The topological polar surface area (TPSA) is 46.3 Å². The Bertz CT molecular complexity index is 687. The second-order valence-corrected chi connectivity index (χ2v) is 7.84. The maximum absolute atomic E-state index is 12.6. The fraction of sp³-hybridized carbons (Fsp3) is 0.350. The summed E-state index contributed by atoms with van der Waals surface area (Å²) in [6.07, 6.45) is 0.987. The highest BCUT2D eigenvalue weighted by atomic mass is 32.2. The van der Waals surface area contributed by atoms with Crippen LogP contribution in [0.4, 0.5) is 0 Å². The molecule has 3 nitrogen and oxygen atoms in total. The summed E-state index contributed by atoms with van der Waals surface area (Å²) in [5.74, 6) is 1.03. The molecule has 2 aromatic carbocycles. The molecule has 1 atom stereocenters. The fourth-order valence-corrected chi connectivity index (χ4v) is 3.85. The number of thioether (sulfide) groups is 1. The second-order valence-electron chi connectivity index (χ2n) is 6.79. The minimum atomic E-state index is 0.0714. The fourth-order valence-electron chi connectivity index (χ4n) is 2.97. The Morgan fingerprint density at radius 2 is 1.88 bits per heavy atom. The smallest absolute Gasteiger partial charge is 0.253 e. The molecule has 3 rings (SSSR count). The predicted octanol–water partition coefficient (Wildman–Crippen LogP) is 3.79. The van der Waals surface area contributed by atoms with E-state index in [-0.39, 0.29) is 11.3 Å². The number of hydrogen-bond acceptors (Lipinski definition) is 3. The van der Waals surface area contributed by atoms with Crippen LogP contribution in [0.1, 0.15) is 29.3 Å². The summed E-state index contributed by atoms with van der Waals surface area (Å²) >= 11 is 1.81. The number of carbonyl (C=O) groups excluding carboxylic acids is 1. The van der Waals surface area contributed by atoms with Crippen molar-refractivity contribution in [3.63, 3.8) is 0 Å². The van der Waals surface area contributed by atoms with Gasteiger partial charge in [0.2, 0.25) is 0 Å². The molecular weight excluding hydrogens is 316 g/mol. The van der Waals surface area contributed by atoms with E-state index < -0.39 is 0 Å². The number of nitrogens with two attached hydrogens (primary N) is 1. The van der Waals surface area contributed by atoms with Gasteiger partial charge in [-0.25, -0.2) is 0 Å². The third-order valence-corrected chi connectivity index (χ3v) is 5.77. The largest absolute Gasteiger partial charge is 0.338 e. The number of likely N-dealkylation sites (tertiary alicyclic amines) is 1. The summed E-state index contributed by atoms with van der Waals surface area (Å²) < 4.78 is 0. The van der Waals surface area contributed by atoms with E-state index in [1.165, 1.54) is 10.5 Å². The SMILES string of the molecule is CC1(CN)CCN(C(=O)c2ccc(CSc3ccccc3)cc2)C1. The standard InChI is InChI=1S/C20H24N2OS/c1-20(14-21)11-12-22(15-20)19(23)17-9-7-16(8-10-17)13-24-18-5-3-2-4-6-18/h2-10H,11-15,21H2,1H3. The van der Waals surface area contributed by atoms with Crippen LogP contribution in [-0.2, 0) is 5.75 Å². The van der Waals surface area contributed by atoms with Crippen molar-refractivity contribution in [1.82, 2.24) is 4.90 Å². The van der Waals surface area contributed by atoms with Crippen molar-refractivity contribution >= 4 is 17.7 Å². The third kappa shape index (κ3) is 4.00. The van der Waals surface area contributed by atoms with Gasteiger partial charge < -0.3 is 10.6 Å². The van der Waals surface area contributed by atoms with E-state index in [1.807, 2.05) is 23.1 Å². The Balaban J connectivity index is 1.59. The Labute approximate surface area is 148 Å². The average molecular weight is 340 g/mol. The molecule has 1 aliphatic rings. The molecule has 1 fully saturated rings. The molecule has 2 N–H and O–H groups in total. The maximum atomic E-state index is 12.6. The summed E-state index contributed by atoms with van der Waals surface area (Å²) in [5, 5.41) is 0. The molecule has 1 aliphatic heterocycles. The molecule has 24 heavy (non-hydrogen) atoms. The molecule has 1 heterocycles. The van der Waals surface area contributed by atoms with Gasteiger partial charge in [-0.05, 0) is 48.2 Å². The first-order valence-corrected chi connectivity index (χ1v) is 9.34. The number of carbonyl (C=O) groups is 1. The van der Waals surface area contributed by atoms with Gasteiger partial charge in [-0.2, -0.15) is 0 Å². The van der Waals surface area contributed by atoms with E-state index in [2.05, 4.69) is 43.3 Å². The lowest BCUT2D eigenvalue weighted by Gasteiger charge is -2.22. The first-order valence-electron chi connectivity index (χ1n) is 8.36. The zero-order valence-corrected chi connectivity index (χ0v) is 14.9. The van der Waals surface area contributed by atoms with Crippen LogP contribution >= 0.6 is 11.8 Å². The molecule has 2 aromatic rings. The minimum Gasteiger partial charge on any atom is -0.338 e. The second kappa shape index (κ2) is 7.41. The van der Waals surface area contributed by atoms with E-state index in [4.69, 9.17) is 5.73 Å². The van der Waals surface area contributed by atoms with Crippen molar-refractivity contribution in [1.29, 1.82) is 0 Å². The summed E-state index contributed by atoms with van der Waals surface area (Å²) in [6.45, 7) is 4.35. The van der Waals surface area contributed by atoms with E-state index >= 15 is 0 Å². The Morgan fingerprint density at radius 3 is 2.50 bits per heavy atom. The molecule has 4 heteroatoms. The monoisotopic (exact) mass is 340 g/mol. The minimum absolute atomic E-state index is 0.0714. The molecule has 126 valence electrons. The van der Waals surface area contributed by atoms with E-state index in [9.17, 15) is 4.79 Å². The van der Waals surface area contributed by atoms with Gasteiger partial charge >= 0.3 is 0 Å². The number of rotatable bonds is 5. The molecule has 0 aromatic heterocycles. The first kappa shape index (κ1) is 17.1. The van der Waals surface area contributed by atoms with Crippen molar-refractivity contribution in [3.8, 4) is 0 Å². The van der Waals surface area contributed by atoms with Crippen molar-refractivity contribution in [2.24, 2.45) is 11.1 Å². The molecule has 1 amide bonds. The van der Waals surface area contributed by atoms with Crippen molar-refractivity contribution in [2.75, 3.05) is 19.6 Å². The normalized spacial score (nSPS) is 20.3. The lowest BCUT2D eigenvalue weighted by Crippen LogP contribution is -2.34. The molecular formula is C20H24N2OS. The quantitative estimate of drug-likeness (QED) is 0.842. The van der Waals surface area contributed by atoms with Gasteiger partial charge in [0.1, 0.15) is 0 Å². The van der Waals surface area contributed by atoms with Crippen LogP contribution in [0.3, 0.4) is 0 Å². The molecule has 1 unspecified atom stereocenters. The molecule has 0 radical (unpaired) electrons. The van der Waals surface area contributed by atoms with Gasteiger partial charge in [-0.3, -0.25) is 4.79 Å². The molecule has 0 bridgehead atoms. The molecule has 0 saturated carbocycles. The number of amides is 1. The highest BCUT2D eigenvalue weighted by Gasteiger charge is 2.35. The highest BCUT2D eigenvalue weighted by Crippen LogP contribution is 2.29. The van der Waals surface area contributed by atoms with Gasteiger partial charge in [0.15, 0.2) is 0 Å². The van der Waals surface area contributed by atoms with Gasteiger partial charge in [-0.1, -0.05) is 37.3 Å². The number of benzene rings is 2. The van der Waals surface area contributed by atoms with Gasteiger partial charge in [0.25, 0.3) is 5.91 Å². The zero-order valence-electron chi connectivity index (χ0n) is 14.1. The maximum Gasteiger partial charge on any atom is 0.253 e.